The Morgan fingerprint density at radius 1 is 1.33 bits per heavy atom. The smallest absolute Gasteiger partial charge is 0.269 e. The number of carbonyl (C=O) groups is 1. The zero-order valence-electron chi connectivity index (χ0n) is 12.2. The summed E-state index contributed by atoms with van der Waals surface area (Å²) in [6.07, 6.45) is 1.46. The van der Waals surface area contributed by atoms with Crippen molar-refractivity contribution in [3.8, 4) is 5.75 Å². The number of nitrogens with zero attached hydrogens (tertiary/aromatic N) is 2. The highest BCUT2D eigenvalue weighted by Gasteiger charge is 2.06. The van der Waals surface area contributed by atoms with Crippen LogP contribution in [0.5, 0.6) is 5.75 Å². The van der Waals surface area contributed by atoms with Gasteiger partial charge in [0.05, 0.1) is 21.4 Å². The minimum Gasteiger partial charge on any atom is -0.507 e. The van der Waals surface area contributed by atoms with Gasteiger partial charge in [0, 0.05) is 17.0 Å². The van der Waals surface area contributed by atoms with Gasteiger partial charge >= 0.3 is 0 Å². The predicted octanol–water partition coefficient (Wildman–Crippen LogP) is 3.31. The van der Waals surface area contributed by atoms with Crippen LogP contribution < -0.4 is 5.43 Å². The molecule has 0 fully saturated rings. The molecule has 9 heteroatoms. The number of halogens is 1. The van der Waals surface area contributed by atoms with Gasteiger partial charge < -0.3 is 5.11 Å². The molecule has 0 unspecified atom stereocenters. The lowest BCUT2D eigenvalue weighted by molar-refractivity contribution is -0.384. The molecule has 0 radical (unpaired) electrons. The molecule has 124 valence electrons. The van der Waals surface area contributed by atoms with E-state index in [1.54, 1.807) is 24.3 Å². The molecular weight excluding hydrogens is 398 g/mol. The van der Waals surface area contributed by atoms with Gasteiger partial charge in [0.2, 0.25) is 5.91 Å². The Kier molecular flexibility index (Phi) is 6.33. The summed E-state index contributed by atoms with van der Waals surface area (Å²) in [5.74, 6) is -0.0443. The zero-order valence-corrected chi connectivity index (χ0v) is 14.6. The fourth-order valence-corrected chi connectivity index (χ4v) is 2.71. The highest BCUT2D eigenvalue weighted by molar-refractivity contribution is 9.10. The molecule has 1 amide bonds. The first kappa shape index (κ1) is 18.0. The van der Waals surface area contributed by atoms with Crippen LogP contribution in [0.2, 0.25) is 0 Å². The number of nitro groups is 1. The Morgan fingerprint density at radius 3 is 2.67 bits per heavy atom. The molecule has 0 aliphatic carbocycles. The lowest BCUT2D eigenvalue weighted by Gasteiger charge is -2.01. The normalized spacial score (nSPS) is 10.7. The van der Waals surface area contributed by atoms with Crippen LogP contribution in [-0.2, 0) is 4.79 Å². The number of thioether (sulfide) groups is 1. The highest BCUT2D eigenvalue weighted by Crippen LogP contribution is 2.23. The maximum absolute atomic E-state index is 11.7. The van der Waals surface area contributed by atoms with Crippen LogP contribution in [0.4, 0.5) is 5.69 Å². The number of phenols is 1. The number of rotatable bonds is 6. The maximum Gasteiger partial charge on any atom is 0.269 e. The topological polar surface area (TPSA) is 105 Å². The van der Waals surface area contributed by atoms with Crippen molar-refractivity contribution in [2.75, 3.05) is 5.75 Å². The van der Waals surface area contributed by atoms with Crippen molar-refractivity contribution in [2.24, 2.45) is 5.10 Å². The van der Waals surface area contributed by atoms with Crippen molar-refractivity contribution in [3.63, 3.8) is 0 Å². The molecule has 0 aliphatic heterocycles. The Hall–Kier alpha value is -2.39. The third kappa shape index (κ3) is 5.36. The predicted molar refractivity (Wildman–Crippen MR) is 95.4 cm³/mol. The van der Waals surface area contributed by atoms with E-state index in [0.717, 1.165) is 4.90 Å². The fraction of sp³-hybridized carbons (Fsp3) is 0.0667. The standard InChI is InChI=1S/C15H12BrN3O4S/c16-13-7-10(1-6-14(13)20)8-17-18-15(21)9-24-12-4-2-11(3-5-12)19(22)23/h1-8,20H,9H2,(H,18,21). The molecule has 2 aromatic rings. The Bertz CT molecular complexity index is 781. The number of amides is 1. The van der Waals surface area contributed by atoms with Crippen molar-refractivity contribution in [3.05, 3.63) is 62.6 Å². The number of nitro benzene ring substituents is 1. The summed E-state index contributed by atoms with van der Waals surface area (Å²) >= 11 is 4.44. The molecule has 0 saturated heterocycles. The van der Waals surface area contributed by atoms with Crippen LogP contribution in [0.15, 0.2) is 56.9 Å². The number of phenolic OH excluding ortho intramolecular Hbond substituents is 1. The van der Waals surface area contributed by atoms with Crippen molar-refractivity contribution in [1.82, 2.24) is 5.43 Å². The number of hydrazone groups is 1. The van der Waals surface area contributed by atoms with E-state index in [-0.39, 0.29) is 23.1 Å². The van der Waals surface area contributed by atoms with Crippen LogP contribution in [0.25, 0.3) is 0 Å². The van der Waals surface area contributed by atoms with Gasteiger partial charge in [-0.1, -0.05) is 0 Å². The van der Waals surface area contributed by atoms with E-state index in [4.69, 9.17) is 0 Å². The Morgan fingerprint density at radius 2 is 2.04 bits per heavy atom. The SMILES string of the molecule is O=C(CSc1ccc([N+](=O)[O-])cc1)NN=Cc1ccc(O)c(Br)c1. The number of nitrogens with one attached hydrogen (secondary N) is 1. The van der Waals surface area contributed by atoms with E-state index in [1.165, 1.54) is 36.2 Å². The molecule has 0 spiro atoms. The van der Waals surface area contributed by atoms with Crippen molar-refractivity contribution >= 4 is 45.5 Å². The number of carbonyl (C=O) groups excluding carboxylic acids is 1. The van der Waals surface area contributed by atoms with E-state index < -0.39 is 4.92 Å². The first-order valence-electron chi connectivity index (χ1n) is 6.63. The zero-order chi connectivity index (χ0) is 17.5. The monoisotopic (exact) mass is 409 g/mol. The van der Waals surface area contributed by atoms with Crippen molar-refractivity contribution < 1.29 is 14.8 Å². The first-order chi connectivity index (χ1) is 11.5. The quantitative estimate of drug-likeness (QED) is 0.329. The van der Waals surface area contributed by atoms with Gasteiger partial charge in [-0.3, -0.25) is 14.9 Å². The molecule has 0 saturated carbocycles. The summed E-state index contributed by atoms with van der Waals surface area (Å²) in [6.45, 7) is 0. The molecule has 2 N–H and O–H groups in total. The molecule has 7 nitrogen and oxygen atoms in total. The van der Waals surface area contributed by atoms with Crippen LogP contribution in [-0.4, -0.2) is 27.9 Å². The summed E-state index contributed by atoms with van der Waals surface area (Å²) in [7, 11) is 0. The molecule has 0 aromatic heterocycles. The second-order valence-electron chi connectivity index (χ2n) is 4.54. The van der Waals surface area contributed by atoms with Crippen molar-refractivity contribution in [2.45, 2.75) is 4.90 Å². The third-order valence-corrected chi connectivity index (χ3v) is 4.44. The van der Waals surface area contributed by atoms with Gasteiger partial charge in [-0.2, -0.15) is 5.10 Å². The largest absolute Gasteiger partial charge is 0.507 e. The molecule has 0 heterocycles. The molecule has 0 atom stereocenters. The van der Waals surface area contributed by atoms with E-state index in [0.29, 0.717) is 10.0 Å². The minimum atomic E-state index is -0.475. The Balaban J connectivity index is 1.81. The Labute approximate surface area is 150 Å². The van der Waals surface area contributed by atoms with Crippen LogP contribution in [0.3, 0.4) is 0 Å². The van der Waals surface area contributed by atoms with Gasteiger partial charge in [0.15, 0.2) is 0 Å². The summed E-state index contributed by atoms with van der Waals surface area (Å²) in [4.78, 5) is 22.5. The second kappa shape index (κ2) is 8.46. The number of benzene rings is 2. The molecule has 2 aromatic carbocycles. The summed E-state index contributed by atoms with van der Waals surface area (Å²) in [6, 6.07) is 10.8. The highest BCUT2D eigenvalue weighted by atomic mass is 79.9. The molecule has 0 bridgehead atoms. The maximum atomic E-state index is 11.7. The molecule has 24 heavy (non-hydrogen) atoms. The molecular formula is C15H12BrN3O4S. The van der Waals surface area contributed by atoms with Crippen molar-refractivity contribution in [1.29, 1.82) is 0 Å². The summed E-state index contributed by atoms with van der Waals surface area (Å²) in [5, 5.41) is 23.8. The minimum absolute atomic E-state index is 0.00783. The lowest BCUT2D eigenvalue weighted by atomic mass is 10.2. The number of hydrogen-bond donors (Lipinski definition) is 2. The van der Waals surface area contributed by atoms with Crippen LogP contribution in [0.1, 0.15) is 5.56 Å². The fourth-order valence-electron chi connectivity index (χ4n) is 1.63. The average Bonchev–Trinajstić information content (AvgIpc) is 2.56. The second-order valence-corrected chi connectivity index (χ2v) is 6.45. The first-order valence-corrected chi connectivity index (χ1v) is 8.41. The number of aromatic hydroxyl groups is 1. The van der Waals surface area contributed by atoms with Gasteiger partial charge in [-0.25, -0.2) is 5.43 Å². The molecule has 0 aliphatic rings. The van der Waals surface area contributed by atoms with Gasteiger partial charge in [-0.05, 0) is 51.8 Å². The van der Waals surface area contributed by atoms with Gasteiger partial charge in [-0.15, -0.1) is 11.8 Å². The number of hydrogen-bond acceptors (Lipinski definition) is 6. The van der Waals surface area contributed by atoms with E-state index >= 15 is 0 Å². The van der Waals surface area contributed by atoms with E-state index in [1.807, 2.05) is 0 Å². The number of non-ortho nitro benzene ring substituents is 1. The summed E-state index contributed by atoms with van der Waals surface area (Å²) < 4.78 is 0.534. The third-order valence-electron chi connectivity index (χ3n) is 2.79. The lowest BCUT2D eigenvalue weighted by Crippen LogP contribution is -2.19. The van der Waals surface area contributed by atoms with Crippen LogP contribution in [0, 0.1) is 10.1 Å². The van der Waals surface area contributed by atoms with Gasteiger partial charge in [0.1, 0.15) is 5.75 Å². The average molecular weight is 410 g/mol. The van der Waals surface area contributed by atoms with Gasteiger partial charge in [0.25, 0.3) is 5.69 Å². The van der Waals surface area contributed by atoms with E-state index in [9.17, 15) is 20.0 Å². The van der Waals surface area contributed by atoms with E-state index in [2.05, 4.69) is 26.5 Å². The summed E-state index contributed by atoms with van der Waals surface area (Å²) in [5.41, 5.74) is 3.11. The van der Waals surface area contributed by atoms with Crippen LogP contribution >= 0.6 is 27.7 Å². The molecule has 2 rings (SSSR count).